The molecule has 1 aliphatic rings. The largest absolute Gasteiger partial charge is 0.382 e. The highest BCUT2D eigenvalue weighted by Gasteiger charge is 2.22. The monoisotopic (exact) mass is 482 g/mol. The summed E-state index contributed by atoms with van der Waals surface area (Å²) in [6.45, 7) is 3.96. The third-order valence-corrected chi connectivity index (χ3v) is 6.32. The van der Waals surface area contributed by atoms with Gasteiger partial charge in [-0.2, -0.15) is 0 Å². The average Bonchev–Trinajstić information content (AvgIpc) is 2.85. The van der Waals surface area contributed by atoms with E-state index in [-0.39, 0.29) is 17.2 Å². The van der Waals surface area contributed by atoms with E-state index < -0.39 is 17.2 Å². The molecule has 0 radical (unpaired) electrons. The predicted molar refractivity (Wildman–Crippen MR) is 136 cm³/mol. The van der Waals surface area contributed by atoms with Gasteiger partial charge < -0.3 is 19.9 Å². The van der Waals surface area contributed by atoms with Gasteiger partial charge in [-0.3, -0.25) is 19.4 Å². The molecule has 2 amide bonds. The van der Waals surface area contributed by atoms with Crippen molar-refractivity contribution in [2.24, 2.45) is 0 Å². The standard InChI is InChI=1S/C27H38N4O4/c1-2-35-18-10-16-29-26(33)23-19-31(17-14-21-11-8-9-15-28-21)20-24(25(23)32)27(34)30-22-12-6-4-3-5-7-13-22/h8-9,11,15,19-20,22H,2-7,10,12-14,16-18H2,1H3,(H,29,33)(H,30,34). The van der Waals surface area contributed by atoms with E-state index in [4.69, 9.17) is 4.74 Å². The summed E-state index contributed by atoms with van der Waals surface area (Å²) in [5, 5.41) is 5.85. The van der Waals surface area contributed by atoms with Crippen LogP contribution in [0, 0.1) is 0 Å². The topological polar surface area (TPSA) is 102 Å². The van der Waals surface area contributed by atoms with Crippen LogP contribution in [0.1, 0.15) is 84.7 Å². The number of aromatic nitrogens is 2. The molecule has 8 nitrogen and oxygen atoms in total. The van der Waals surface area contributed by atoms with Crippen LogP contribution in [0.5, 0.6) is 0 Å². The molecule has 3 rings (SSSR count). The van der Waals surface area contributed by atoms with Crippen LogP contribution in [-0.2, 0) is 17.7 Å². The molecule has 0 saturated heterocycles. The molecule has 2 aromatic rings. The van der Waals surface area contributed by atoms with Gasteiger partial charge in [-0.25, -0.2) is 0 Å². The van der Waals surface area contributed by atoms with Crippen LogP contribution < -0.4 is 16.1 Å². The molecule has 2 heterocycles. The molecule has 0 aliphatic heterocycles. The van der Waals surface area contributed by atoms with Crippen molar-refractivity contribution in [3.8, 4) is 0 Å². The fourth-order valence-electron chi connectivity index (χ4n) is 4.35. The first-order valence-electron chi connectivity index (χ1n) is 12.9. The normalized spacial score (nSPS) is 14.7. The van der Waals surface area contributed by atoms with Gasteiger partial charge in [0.25, 0.3) is 11.8 Å². The lowest BCUT2D eigenvalue weighted by atomic mass is 9.96. The Morgan fingerprint density at radius 2 is 1.77 bits per heavy atom. The van der Waals surface area contributed by atoms with Gasteiger partial charge in [-0.05, 0) is 38.3 Å². The summed E-state index contributed by atoms with van der Waals surface area (Å²) in [7, 11) is 0. The molecule has 0 unspecified atom stereocenters. The van der Waals surface area contributed by atoms with Gasteiger partial charge in [0.2, 0.25) is 5.43 Å². The van der Waals surface area contributed by atoms with E-state index in [1.165, 1.54) is 25.5 Å². The Kier molecular flexibility index (Phi) is 11.0. The number of hydrogen-bond donors (Lipinski definition) is 2. The minimum absolute atomic E-state index is 0.00930. The van der Waals surface area contributed by atoms with Crippen LogP contribution in [0.3, 0.4) is 0 Å². The Balaban J connectivity index is 1.78. The van der Waals surface area contributed by atoms with Crippen molar-refractivity contribution in [2.75, 3.05) is 19.8 Å². The second-order valence-corrected chi connectivity index (χ2v) is 9.05. The number of hydrogen-bond acceptors (Lipinski definition) is 5. The highest BCUT2D eigenvalue weighted by molar-refractivity contribution is 5.99. The quantitative estimate of drug-likeness (QED) is 0.478. The molecule has 1 aliphatic carbocycles. The van der Waals surface area contributed by atoms with Crippen LogP contribution >= 0.6 is 0 Å². The highest BCUT2D eigenvalue weighted by Crippen LogP contribution is 2.17. The van der Waals surface area contributed by atoms with Crippen molar-refractivity contribution >= 4 is 11.8 Å². The fraction of sp³-hybridized carbons (Fsp3) is 0.556. The Bertz CT molecular complexity index is 998. The van der Waals surface area contributed by atoms with Gasteiger partial charge >= 0.3 is 0 Å². The summed E-state index contributed by atoms with van der Waals surface area (Å²) in [6.07, 6.45) is 13.7. The van der Waals surface area contributed by atoms with Gasteiger partial charge in [-0.1, -0.05) is 38.2 Å². The summed E-state index contributed by atoms with van der Waals surface area (Å²) >= 11 is 0. The van der Waals surface area contributed by atoms with Crippen LogP contribution in [0.2, 0.25) is 0 Å². The maximum Gasteiger partial charge on any atom is 0.256 e. The maximum atomic E-state index is 13.2. The third kappa shape index (κ3) is 8.62. The molecule has 0 aromatic carbocycles. The molecule has 0 spiro atoms. The number of nitrogens with one attached hydrogen (secondary N) is 2. The van der Waals surface area contributed by atoms with E-state index in [1.54, 1.807) is 17.0 Å². The minimum Gasteiger partial charge on any atom is -0.382 e. The van der Waals surface area contributed by atoms with Crippen molar-refractivity contribution in [3.63, 3.8) is 0 Å². The molecule has 1 fully saturated rings. The second-order valence-electron chi connectivity index (χ2n) is 9.05. The first-order valence-corrected chi connectivity index (χ1v) is 12.9. The lowest BCUT2D eigenvalue weighted by Gasteiger charge is -2.21. The number of rotatable bonds is 11. The Morgan fingerprint density at radius 1 is 1.06 bits per heavy atom. The number of pyridine rings is 2. The van der Waals surface area contributed by atoms with E-state index >= 15 is 0 Å². The molecule has 0 bridgehead atoms. The summed E-state index contributed by atoms with van der Waals surface area (Å²) < 4.78 is 7.05. The van der Waals surface area contributed by atoms with E-state index in [9.17, 15) is 14.4 Å². The number of carbonyl (C=O) groups excluding carboxylic acids is 2. The van der Waals surface area contributed by atoms with Crippen molar-refractivity contribution in [3.05, 3.63) is 63.8 Å². The smallest absolute Gasteiger partial charge is 0.256 e. The SMILES string of the molecule is CCOCCCNC(=O)c1cn(CCc2ccccn2)cc(C(=O)NC2CCCCCCC2)c1=O. The molecular weight excluding hydrogens is 444 g/mol. The maximum absolute atomic E-state index is 13.2. The van der Waals surface area contributed by atoms with Gasteiger partial charge in [0, 0.05) is 63.1 Å². The van der Waals surface area contributed by atoms with Crippen LogP contribution in [0.4, 0.5) is 0 Å². The van der Waals surface area contributed by atoms with Gasteiger partial charge in [0.05, 0.1) is 0 Å². The molecule has 1 saturated carbocycles. The fourth-order valence-corrected chi connectivity index (χ4v) is 4.35. The summed E-state index contributed by atoms with van der Waals surface area (Å²) in [4.78, 5) is 43.6. The molecule has 2 N–H and O–H groups in total. The van der Waals surface area contributed by atoms with Crippen molar-refractivity contribution < 1.29 is 14.3 Å². The zero-order chi connectivity index (χ0) is 24.9. The van der Waals surface area contributed by atoms with Crippen LogP contribution in [0.15, 0.2) is 41.6 Å². The zero-order valence-electron chi connectivity index (χ0n) is 20.8. The Labute approximate surface area is 207 Å². The number of carbonyl (C=O) groups is 2. The van der Waals surface area contributed by atoms with E-state index in [0.29, 0.717) is 39.1 Å². The highest BCUT2D eigenvalue weighted by atomic mass is 16.5. The van der Waals surface area contributed by atoms with E-state index in [1.807, 2.05) is 25.1 Å². The molecule has 0 atom stereocenters. The first kappa shape index (κ1) is 26.6. The van der Waals surface area contributed by atoms with Crippen LogP contribution in [0.25, 0.3) is 0 Å². The number of ether oxygens (including phenoxy) is 1. The van der Waals surface area contributed by atoms with Gasteiger partial charge in [0.15, 0.2) is 0 Å². The van der Waals surface area contributed by atoms with Crippen molar-refractivity contribution in [2.45, 2.75) is 77.3 Å². The number of aryl methyl sites for hydroxylation is 2. The zero-order valence-corrected chi connectivity index (χ0v) is 20.8. The third-order valence-electron chi connectivity index (χ3n) is 6.32. The molecule has 190 valence electrons. The molecular formula is C27H38N4O4. The second kappa shape index (κ2) is 14.4. The Hall–Kier alpha value is -3.00. The lowest BCUT2D eigenvalue weighted by Crippen LogP contribution is -2.40. The van der Waals surface area contributed by atoms with Gasteiger partial charge in [-0.15, -0.1) is 0 Å². The average molecular weight is 483 g/mol. The summed E-state index contributed by atoms with van der Waals surface area (Å²) in [5.41, 5.74) is 0.348. The van der Waals surface area contributed by atoms with E-state index in [0.717, 1.165) is 31.4 Å². The molecule has 35 heavy (non-hydrogen) atoms. The molecule has 8 heteroatoms. The number of nitrogens with zero attached hydrogens (tertiary/aromatic N) is 2. The van der Waals surface area contributed by atoms with Crippen LogP contribution in [-0.4, -0.2) is 47.2 Å². The molecule has 2 aromatic heterocycles. The van der Waals surface area contributed by atoms with Crippen molar-refractivity contribution in [1.29, 1.82) is 0 Å². The number of amides is 2. The Morgan fingerprint density at radius 3 is 2.46 bits per heavy atom. The summed E-state index contributed by atoms with van der Waals surface area (Å²) in [6, 6.07) is 5.76. The van der Waals surface area contributed by atoms with Gasteiger partial charge in [0.1, 0.15) is 11.1 Å². The first-order chi connectivity index (χ1) is 17.1. The van der Waals surface area contributed by atoms with E-state index in [2.05, 4.69) is 15.6 Å². The lowest BCUT2D eigenvalue weighted by molar-refractivity contribution is 0.0928. The van der Waals surface area contributed by atoms with Crippen molar-refractivity contribution in [1.82, 2.24) is 20.2 Å². The predicted octanol–water partition coefficient (Wildman–Crippen LogP) is 3.49. The minimum atomic E-state index is -0.537. The summed E-state index contributed by atoms with van der Waals surface area (Å²) in [5.74, 6) is -0.878.